The lowest BCUT2D eigenvalue weighted by atomic mass is 9.85. The molecule has 3 heteroatoms. The molecule has 0 radical (unpaired) electrons. The lowest BCUT2D eigenvalue weighted by molar-refractivity contribution is 0.0638. The van der Waals surface area contributed by atoms with Crippen molar-refractivity contribution in [1.29, 1.82) is 0 Å². The van der Waals surface area contributed by atoms with Crippen LogP contribution in [-0.2, 0) is 4.74 Å². The molecule has 3 unspecified atom stereocenters. The van der Waals surface area contributed by atoms with Gasteiger partial charge in [-0.2, -0.15) is 0 Å². The SMILES string of the molecule is COC1CCN(C2(CN)CCCC(C(C)C)CC2)C1. The van der Waals surface area contributed by atoms with E-state index in [1.54, 1.807) is 0 Å². The summed E-state index contributed by atoms with van der Waals surface area (Å²) in [5.74, 6) is 1.72. The third-order valence-electron chi connectivity index (χ3n) is 5.67. The zero-order valence-electron chi connectivity index (χ0n) is 13.0. The fraction of sp³-hybridized carbons (Fsp3) is 1.00. The Labute approximate surface area is 118 Å². The third-order valence-corrected chi connectivity index (χ3v) is 5.67. The first-order valence-electron chi connectivity index (χ1n) is 8.09. The maximum absolute atomic E-state index is 6.21. The average Bonchev–Trinajstić information content (AvgIpc) is 2.78. The van der Waals surface area contributed by atoms with Crippen molar-refractivity contribution in [2.45, 2.75) is 64.0 Å². The number of methoxy groups -OCH3 is 1. The van der Waals surface area contributed by atoms with Crippen LogP contribution < -0.4 is 5.73 Å². The minimum Gasteiger partial charge on any atom is -0.380 e. The molecule has 112 valence electrons. The molecule has 0 aromatic rings. The molecule has 0 aromatic heterocycles. The van der Waals surface area contributed by atoms with Gasteiger partial charge in [-0.25, -0.2) is 0 Å². The highest BCUT2D eigenvalue weighted by atomic mass is 16.5. The van der Waals surface area contributed by atoms with Crippen LogP contribution in [0.5, 0.6) is 0 Å². The Morgan fingerprint density at radius 2 is 2.05 bits per heavy atom. The number of nitrogens with two attached hydrogens (primary N) is 1. The Hall–Kier alpha value is -0.120. The summed E-state index contributed by atoms with van der Waals surface area (Å²) in [7, 11) is 1.84. The number of hydrogen-bond donors (Lipinski definition) is 1. The normalized spacial score (nSPS) is 37.7. The van der Waals surface area contributed by atoms with Crippen molar-refractivity contribution in [3.8, 4) is 0 Å². The predicted octanol–water partition coefficient (Wildman–Crippen LogP) is 2.64. The van der Waals surface area contributed by atoms with Crippen LogP contribution in [0.25, 0.3) is 0 Å². The van der Waals surface area contributed by atoms with E-state index < -0.39 is 0 Å². The summed E-state index contributed by atoms with van der Waals surface area (Å²) in [4.78, 5) is 2.64. The zero-order valence-corrected chi connectivity index (χ0v) is 13.0. The predicted molar refractivity (Wildman–Crippen MR) is 80.2 cm³/mol. The van der Waals surface area contributed by atoms with E-state index in [0.29, 0.717) is 6.10 Å². The van der Waals surface area contributed by atoms with Gasteiger partial charge in [0.15, 0.2) is 0 Å². The largest absolute Gasteiger partial charge is 0.380 e. The number of ether oxygens (including phenoxy) is 1. The molecular formula is C16H32N2O. The van der Waals surface area contributed by atoms with E-state index in [2.05, 4.69) is 18.7 Å². The molecule has 0 bridgehead atoms. The molecule has 0 amide bonds. The molecule has 2 N–H and O–H groups in total. The molecule has 1 heterocycles. The van der Waals surface area contributed by atoms with Crippen molar-refractivity contribution in [2.24, 2.45) is 17.6 Å². The maximum atomic E-state index is 6.21. The molecular weight excluding hydrogens is 236 g/mol. The summed E-state index contributed by atoms with van der Waals surface area (Å²) >= 11 is 0. The number of hydrogen-bond acceptors (Lipinski definition) is 3. The van der Waals surface area contributed by atoms with Crippen molar-refractivity contribution in [3.63, 3.8) is 0 Å². The van der Waals surface area contributed by atoms with Crippen LogP contribution in [-0.4, -0.2) is 43.3 Å². The third kappa shape index (κ3) is 3.32. The standard InChI is InChI=1S/C16H32N2O/c1-13(2)14-5-4-8-16(12-17,9-6-14)18-10-7-15(11-18)19-3/h13-15H,4-12,17H2,1-3H3. The fourth-order valence-corrected chi connectivity index (χ4v) is 4.08. The lowest BCUT2D eigenvalue weighted by Gasteiger charge is -2.41. The van der Waals surface area contributed by atoms with E-state index in [1.165, 1.54) is 45.1 Å². The van der Waals surface area contributed by atoms with E-state index >= 15 is 0 Å². The molecule has 1 aliphatic heterocycles. The van der Waals surface area contributed by atoms with Crippen LogP contribution in [0.1, 0.15) is 52.4 Å². The van der Waals surface area contributed by atoms with Gasteiger partial charge in [0.25, 0.3) is 0 Å². The van der Waals surface area contributed by atoms with Gasteiger partial charge in [0, 0.05) is 32.3 Å². The zero-order chi connectivity index (χ0) is 13.9. The first kappa shape index (κ1) is 15.3. The fourth-order valence-electron chi connectivity index (χ4n) is 4.08. The Kier molecular flexibility index (Phi) is 5.27. The second-order valence-electron chi connectivity index (χ2n) is 6.96. The summed E-state index contributed by atoms with van der Waals surface area (Å²) in [6.45, 7) is 7.81. The molecule has 1 aliphatic carbocycles. The van der Waals surface area contributed by atoms with Gasteiger partial charge >= 0.3 is 0 Å². The van der Waals surface area contributed by atoms with Crippen LogP contribution in [0.4, 0.5) is 0 Å². The van der Waals surface area contributed by atoms with E-state index in [1.807, 2.05) is 7.11 Å². The molecule has 0 spiro atoms. The summed E-state index contributed by atoms with van der Waals surface area (Å²) in [5, 5.41) is 0. The summed E-state index contributed by atoms with van der Waals surface area (Å²) in [6.07, 6.45) is 8.24. The van der Waals surface area contributed by atoms with E-state index in [4.69, 9.17) is 10.5 Å². The van der Waals surface area contributed by atoms with Gasteiger partial charge in [-0.1, -0.05) is 26.7 Å². The van der Waals surface area contributed by atoms with Gasteiger partial charge in [-0.15, -0.1) is 0 Å². The molecule has 1 saturated heterocycles. The van der Waals surface area contributed by atoms with Gasteiger partial charge in [0.05, 0.1) is 6.10 Å². The maximum Gasteiger partial charge on any atom is 0.0710 e. The molecule has 3 atom stereocenters. The van der Waals surface area contributed by atoms with Crippen LogP contribution in [0, 0.1) is 11.8 Å². The van der Waals surface area contributed by atoms with E-state index in [-0.39, 0.29) is 5.54 Å². The van der Waals surface area contributed by atoms with Gasteiger partial charge in [0.2, 0.25) is 0 Å². The smallest absolute Gasteiger partial charge is 0.0710 e. The summed E-state index contributed by atoms with van der Waals surface area (Å²) in [6, 6.07) is 0. The van der Waals surface area contributed by atoms with Crippen molar-refractivity contribution in [3.05, 3.63) is 0 Å². The average molecular weight is 268 g/mol. The first-order valence-corrected chi connectivity index (χ1v) is 8.09. The highest BCUT2D eigenvalue weighted by molar-refractivity contribution is 4.97. The molecule has 3 nitrogen and oxygen atoms in total. The molecule has 1 saturated carbocycles. The van der Waals surface area contributed by atoms with Gasteiger partial charge < -0.3 is 10.5 Å². The van der Waals surface area contributed by atoms with E-state index in [0.717, 1.165) is 24.9 Å². The molecule has 0 aromatic carbocycles. The number of rotatable bonds is 4. The van der Waals surface area contributed by atoms with Crippen molar-refractivity contribution < 1.29 is 4.74 Å². The van der Waals surface area contributed by atoms with Gasteiger partial charge in [-0.3, -0.25) is 4.90 Å². The van der Waals surface area contributed by atoms with Crippen molar-refractivity contribution >= 4 is 0 Å². The lowest BCUT2D eigenvalue weighted by Crippen LogP contribution is -2.53. The number of nitrogens with zero attached hydrogens (tertiary/aromatic N) is 1. The molecule has 2 aliphatic rings. The first-order chi connectivity index (χ1) is 9.11. The minimum atomic E-state index is 0.261. The van der Waals surface area contributed by atoms with E-state index in [9.17, 15) is 0 Å². The van der Waals surface area contributed by atoms with Crippen LogP contribution in [0.3, 0.4) is 0 Å². The van der Waals surface area contributed by atoms with Gasteiger partial charge in [0.1, 0.15) is 0 Å². The Bertz CT molecular complexity index is 282. The molecule has 2 fully saturated rings. The van der Waals surface area contributed by atoms with Crippen LogP contribution >= 0.6 is 0 Å². The second kappa shape index (κ2) is 6.55. The highest BCUT2D eigenvalue weighted by Crippen LogP contribution is 2.38. The minimum absolute atomic E-state index is 0.261. The van der Waals surface area contributed by atoms with Crippen LogP contribution in [0.2, 0.25) is 0 Å². The number of likely N-dealkylation sites (tertiary alicyclic amines) is 1. The van der Waals surface area contributed by atoms with Crippen molar-refractivity contribution in [1.82, 2.24) is 4.90 Å². The Morgan fingerprint density at radius 1 is 1.26 bits per heavy atom. The highest BCUT2D eigenvalue weighted by Gasteiger charge is 2.41. The van der Waals surface area contributed by atoms with Crippen LogP contribution in [0.15, 0.2) is 0 Å². The monoisotopic (exact) mass is 268 g/mol. The Morgan fingerprint density at radius 3 is 2.63 bits per heavy atom. The Balaban J connectivity index is 2.02. The summed E-state index contributed by atoms with van der Waals surface area (Å²) < 4.78 is 5.53. The van der Waals surface area contributed by atoms with Gasteiger partial charge in [-0.05, 0) is 37.5 Å². The second-order valence-corrected chi connectivity index (χ2v) is 6.96. The topological polar surface area (TPSA) is 38.5 Å². The quantitative estimate of drug-likeness (QED) is 0.797. The summed E-state index contributed by atoms with van der Waals surface area (Å²) in [5.41, 5.74) is 6.47. The molecule has 2 rings (SSSR count). The molecule has 19 heavy (non-hydrogen) atoms. The van der Waals surface area contributed by atoms with Crippen molar-refractivity contribution in [2.75, 3.05) is 26.7 Å².